The van der Waals surface area contributed by atoms with Gasteiger partial charge in [0.2, 0.25) is 5.91 Å². The van der Waals surface area contributed by atoms with E-state index in [1.165, 1.54) is 17.6 Å². The second-order valence-corrected chi connectivity index (χ2v) is 7.06. The van der Waals surface area contributed by atoms with Gasteiger partial charge in [-0.05, 0) is 36.6 Å². The average Bonchev–Trinajstić information content (AvgIpc) is 3.17. The minimum absolute atomic E-state index is 0.185. The van der Waals surface area contributed by atoms with Gasteiger partial charge in [0.25, 0.3) is 0 Å². The fraction of sp³-hybridized carbons (Fsp3) is 0.118. The zero-order valence-electron chi connectivity index (χ0n) is 13.2. The summed E-state index contributed by atoms with van der Waals surface area (Å²) in [6.07, 6.45) is 1.79. The first-order chi connectivity index (χ1) is 12.0. The van der Waals surface area contributed by atoms with Gasteiger partial charge in [-0.25, -0.2) is 10.1 Å². The number of benzene rings is 1. The van der Waals surface area contributed by atoms with E-state index in [1.807, 2.05) is 36.6 Å². The van der Waals surface area contributed by atoms with Gasteiger partial charge in [0.1, 0.15) is 5.15 Å². The number of aryl methyl sites for hydroxylation is 1. The zero-order chi connectivity index (χ0) is 17.8. The summed E-state index contributed by atoms with van der Waals surface area (Å²) in [5.74, 6) is -0.185. The molecule has 0 aliphatic rings. The van der Waals surface area contributed by atoms with Crippen molar-refractivity contribution in [2.45, 2.75) is 13.3 Å². The van der Waals surface area contributed by atoms with E-state index >= 15 is 0 Å². The summed E-state index contributed by atoms with van der Waals surface area (Å²) in [5, 5.41) is 11.3. The van der Waals surface area contributed by atoms with E-state index in [-0.39, 0.29) is 5.91 Å². The van der Waals surface area contributed by atoms with Crippen molar-refractivity contribution >= 4 is 46.7 Å². The number of thiophene rings is 1. The van der Waals surface area contributed by atoms with Crippen molar-refractivity contribution in [2.24, 2.45) is 5.10 Å². The van der Waals surface area contributed by atoms with Gasteiger partial charge in [0.05, 0.1) is 29.6 Å². The molecule has 0 bridgehead atoms. The van der Waals surface area contributed by atoms with Crippen LogP contribution in [0.2, 0.25) is 10.2 Å². The van der Waals surface area contributed by atoms with Gasteiger partial charge in [0, 0.05) is 9.90 Å². The van der Waals surface area contributed by atoms with Crippen LogP contribution < -0.4 is 5.43 Å². The molecule has 1 aromatic carbocycles. The van der Waals surface area contributed by atoms with Crippen LogP contribution in [-0.4, -0.2) is 21.9 Å². The Kier molecular flexibility index (Phi) is 5.53. The average molecular weight is 393 g/mol. The molecular weight excluding hydrogens is 379 g/mol. The van der Waals surface area contributed by atoms with Gasteiger partial charge >= 0.3 is 0 Å². The molecule has 3 rings (SSSR count). The van der Waals surface area contributed by atoms with Crippen molar-refractivity contribution < 1.29 is 4.79 Å². The number of nitrogens with one attached hydrogen (secondary N) is 1. The highest BCUT2D eigenvalue weighted by molar-refractivity contribution is 7.10. The Hall–Kier alpha value is -2.15. The predicted molar refractivity (Wildman–Crippen MR) is 102 cm³/mol. The normalized spacial score (nSPS) is 11.2. The Morgan fingerprint density at radius 1 is 1.36 bits per heavy atom. The highest BCUT2D eigenvalue weighted by Crippen LogP contribution is 2.23. The third-order valence-electron chi connectivity index (χ3n) is 3.40. The lowest BCUT2D eigenvalue weighted by Gasteiger charge is -2.03. The van der Waals surface area contributed by atoms with Crippen LogP contribution in [0.1, 0.15) is 16.1 Å². The second-order valence-electron chi connectivity index (χ2n) is 5.23. The number of carbonyl (C=O) groups excluding carboxylic acids is 1. The van der Waals surface area contributed by atoms with Crippen LogP contribution in [0.15, 0.2) is 46.9 Å². The maximum absolute atomic E-state index is 11.8. The van der Waals surface area contributed by atoms with Crippen LogP contribution >= 0.6 is 34.5 Å². The summed E-state index contributed by atoms with van der Waals surface area (Å²) < 4.78 is 1.58. The highest BCUT2D eigenvalue weighted by atomic mass is 35.5. The lowest BCUT2D eigenvalue weighted by Crippen LogP contribution is -2.19. The topological polar surface area (TPSA) is 59.3 Å². The van der Waals surface area contributed by atoms with Crippen molar-refractivity contribution in [1.29, 1.82) is 0 Å². The van der Waals surface area contributed by atoms with Gasteiger partial charge in [0.15, 0.2) is 0 Å². The van der Waals surface area contributed by atoms with E-state index in [2.05, 4.69) is 15.6 Å². The van der Waals surface area contributed by atoms with E-state index in [9.17, 15) is 4.79 Å². The number of halogens is 2. The molecule has 8 heteroatoms. The summed E-state index contributed by atoms with van der Waals surface area (Å²) >= 11 is 13.9. The van der Waals surface area contributed by atoms with E-state index in [0.29, 0.717) is 27.9 Å². The first kappa shape index (κ1) is 17.7. The number of carbonyl (C=O) groups is 1. The molecule has 25 heavy (non-hydrogen) atoms. The maximum Gasteiger partial charge on any atom is 0.245 e. The van der Waals surface area contributed by atoms with E-state index in [4.69, 9.17) is 23.2 Å². The molecule has 0 aliphatic carbocycles. The number of amides is 1. The maximum atomic E-state index is 11.8. The molecule has 0 saturated carbocycles. The third kappa shape index (κ3) is 4.28. The van der Waals surface area contributed by atoms with Gasteiger partial charge in [-0.3, -0.25) is 4.79 Å². The first-order valence-corrected chi connectivity index (χ1v) is 9.03. The largest absolute Gasteiger partial charge is 0.273 e. The van der Waals surface area contributed by atoms with Crippen molar-refractivity contribution in [3.8, 4) is 5.69 Å². The summed E-state index contributed by atoms with van der Waals surface area (Å²) in [7, 11) is 0. The first-order valence-electron chi connectivity index (χ1n) is 7.40. The van der Waals surface area contributed by atoms with Gasteiger partial charge in [-0.1, -0.05) is 35.3 Å². The van der Waals surface area contributed by atoms with Gasteiger partial charge in [-0.2, -0.15) is 10.2 Å². The molecule has 1 amide bonds. The smallest absolute Gasteiger partial charge is 0.245 e. The number of hydrogen-bond donors (Lipinski definition) is 1. The van der Waals surface area contributed by atoms with Gasteiger partial charge < -0.3 is 0 Å². The Balaban J connectivity index is 1.73. The van der Waals surface area contributed by atoms with Crippen molar-refractivity contribution in [1.82, 2.24) is 15.2 Å². The van der Waals surface area contributed by atoms with Crippen molar-refractivity contribution in [2.75, 3.05) is 0 Å². The number of hydrazone groups is 1. The van der Waals surface area contributed by atoms with Crippen LogP contribution in [0.25, 0.3) is 5.69 Å². The van der Waals surface area contributed by atoms with Crippen LogP contribution in [-0.2, 0) is 11.2 Å². The fourth-order valence-electron chi connectivity index (χ4n) is 2.22. The van der Waals surface area contributed by atoms with E-state index in [0.717, 1.165) is 10.6 Å². The molecule has 1 N–H and O–H groups in total. The highest BCUT2D eigenvalue weighted by Gasteiger charge is 2.13. The lowest BCUT2D eigenvalue weighted by atomic mass is 10.3. The second kappa shape index (κ2) is 7.82. The van der Waals surface area contributed by atoms with Crippen LogP contribution in [0.3, 0.4) is 0 Å². The monoisotopic (exact) mass is 392 g/mol. The predicted octanol–water partition coefficient (Wildman–Crippen LogP) is 4.24. The Bertz CT molecular complexity index is 919. The summed E-state index contributed by atoms with van der Waals surface area (Å²) in [6, 6.07) is 11.0. The molecule has 3 aromatic rings. The molecule has 128 valence electrons. The molecule has 2 aromatic heterocycles. The fourth-order valence-corrected chi connectivity index (χ4v) is 3.43. The van der Waals surface area contributed by atoms with Crippen LogP contribution in [0.5, 0.6) is 0 Å². The Morgan fingerprint density at radius 3 is 2.92 bits per heavy atom. The van der Waals surface area contributed by atoms with Gasteiger partial charge in [-0.15, -0.1) is 11.3 Å². The van der Waals surface area contributed by atoms with Crippen molar-refractivity contribution in [3.63, 3.8) is 0 Å². The standard InChI is InChI=1S/C17H14Cl2N4OS/c1-11-15(10-20-21-16(24)9-14-6-3-7-25-14)17(19)23(22-11)13-5-2-4-12(18)8-13/h2-8,10H,9H2,1H3,(H,21,24)/b20-10+. The molecule has 0 aliphatic heterocycles. The van der Waals surface area contributed by atoms with E-state index < -0.39 is 0 Å². The van der Waals surface area contributed by atoms with Crippen molar-refractivity contribution in [3.05, 3.63) is 68.1 Å². The summed E-state index contributed by atoms with van der Waals surface area (Å²) in [4.78, 5) is 12.8. The Morgan fingerprint density at radius 2 is 2.20 bits per heavy atom. The number of aromatic nitrogens is 2. The summed E-state index contributed by atoms with van der Waals surface area (Å²) in [6.45, 7) is 1.82. The van der Waals surface area contributed by atoms with E-state index in [1.54, 1.807) is 16.8 Å². The number of nitrogens with zero attached hydrogens (tertiary/aromatic N) is 3. The molecule has 0 saturated heterocycles. The lowest BCUT2D eigenvalue weighted by molar-refractivity contribution is -0.120. The minimum atomic E-state index is -0.185. The molecule has 5 nitrogen and oxygen atoms in total. The number of hydrogen-bond acceptors (Lipinski definition) is 4. The molecule has 0 spiro atoms. The van der Waals surface area contributed by atoms with Crippen LogP contribution in [0.4, 0.5) is 0 Å². The molecule has 2 heterocycles. The molecule has 0 unspecified atom stereocenters. The Labute approximate surface area is 158 Å². The number of rotatable bonds is 5. The third-order valence-corrected chi connectivity index (χ3v) is 4.87. The molecular formula is C17H14Cl2N4OS. The SMILES string of the molecule is Cc1nn(-c2cccc(Cl)c2)c(Cl)c1/C=N/NC(=O)Cc1cccs1. The minimum Gasteiger partial charge on any atom is -0.273 e. The quantitative estimate of drug-likeness (QED) is 0.521. The molecule has 0 radical (unpaired) electrons. The zero-order valence-corrected chi connectivity index (χ0v) is 15.6. The molecule has 0 fully saturated rings. The molecule has 0 atom stereocenters. The van der Waals surface area contributed by atoms with Crippen LogP contribution in [0, 0.1) is 6.92 Å². The summed E-state index contributed by atoms with van der Waals surface area (Å²) in [5.41, 5.74) is 4.59.